The molecule has 5 N–H and O–H groups in total. The van der Waals surface area contributed by atoms with E-state index in [1.807, 2.05) is 0 Å². The summed E-state index contributed by atoms with van der Waals surface area (Å²) in [6.45, 7) is 4.06. The maximum Gasteiger partial charge on any atom is 0.249 e. The molecule has 0 aromatic rings. The van der Waals surface area contributed by atoms with Crippen LogP contribution < -0.4 is 5.32 Å². The highest BCUT2D eigenvalue weighted by atomic mass is 16.3. The van der Waals surface area contributed by atoms with E-state index in [0.29, 0.717) is 19.3 Å². The SMILES string of the molecule is CCCCCCCCCCC/C=C\CCCCCCCCC(O)C(=O)NC(CO)C(O)C(O)CCC/C=C/CC/C=C/CC/C=C/CCCCCCCCCCCCCCCCCCCCC. The molecule has 0 heterocycles. The van der Waals surface area contributed by atoms with Crippen LogP contribution in [0.25, 0.3) is 0 Å². The number of allylic oxidation sites excluding steroid dienone is 8. The number of amides is 1. The smallest absolute Gasteiger partial charge is 0.249 e. The molecule has 0 spiro atoms. The largest absolute Gasteiger partial charge is 0.394 e. The van der Waals surface area contributed by atoms with Crippen LogP contribution in [0.3, 0.4) is 0 Å². The third-order valence-electron chi connectivity index (χ3n) is 13.7. The van der Waals surface area contributed by atoms with E-state index in [0.717, 1.165) is 64.2 Å². The molecule has 0 aliphatic heterocycles. The predicted octanol–water partition coefficient (Wildman–Crippen LogP) is 17.4. The lowest BCUT2D eigenvalue weighted by Gasteiger charge is -2.27. The van der Waals surface area contributed by atoms with Crippen molar-refractivity contribution in [2.45, 2.75) is 327 Å². The topological polar surface area (TPSA) is 110 Å². The van der Waals surface area contributed by atoms with Gasteiger partial charge in [-0.3, -0.25) is 4.79 Å². The van der Waals surface area contributed by atoms with Gasteiger partial charge in [0.15, 0.2) is 0 Å². The standard InChI is InChI=1S/C61H115NO5/c1-3-5-7-9-11-13-15-17-19-21-23-24-25-26-27-28-29-30-31-32-33-34-35-37-38-40-42-44-46-48-50-52-54-58(64)60(66)57(56-63)62-61(67)59(65)55-53-51-49-47-45-43-41-39-36-22-20-18-16-14-12-10-8-6-4-2/h33-34,36,38-40,46,48,57-60,63-66H,3-32,35,37,41-45,47,49-56H2,1-2H3,(H,62,67)/b34-33+,39-36-,40-38+,48-46+. The molecule has 0 aromatic heterocycles. The number of unbranched alkanes of at least 4 members (excludes halogenated alkanes) is 37. The Morgan fingerprint density at radius 2 is 0.627 bits per heavy atom. The highest BCUT2D eigenvalue weighted by Crippen LogP contribution is 2.17. The number of aliphatic hydroxyl groups excluding tert-OH is 4. The molecule has 6 nitrogen and oxygen atoms in total. The van der Waals surface area contributed by atoms with Gasteiger partial charge in [-0.2, -0.15) is 0 Å². The molecule has 0 fully saturated rings. The van der Waals surface area contributed by atoms with E-state index < -0.39 is 36.9 Å². The van der Waals surface area contributed by atoms with E-state index in [2.05, 4.69) is 67.8 Å². The molecule has 4 atom stereocenters. The van der Waals surface area contributed by atoms with Gasteiger partial charge in [0.25, 0.3) is 0 Å². The van der Waals surface area contributed by atoms with Crippen LogP contribution in [0.1, 0.15) is 303 Å². The summed E-state index contributed by atoms with van der Waals surface area (Å²) < 4.78 is 0. The maximum atomic E-state index is 12.6. The summed E-state index contributed by atoms with van der Waals surface area (Å²) in [5.41, 5.74) is 0. The summed E-state index contributed by atoms with van der Waals surface area (Å²) in [6, 6.07) is -1.02. The zero-order valence-corrected chi connectivity index (χ0v) is 44.7. The summed E-state index contributed by atoms with van der Waals surface area (Å²) in [5.74, 6) is -0.603. The lowest BCUT2D eigenvalue weighted by Crippen LogP contribution is -2.53. The molecule has 0 aliphatic carbocycles. The molecule has 4 unspecified atom stereocenters. The van der Waals surface area contributed by atoms with E-state index >= 15 is 0 Å². The van der Waals surface area contributed by atoms with E-state index in [9.17, 15) is 25.2 Å². The van der Waals surface area contributed by atoms with Gasteiger partial charge >= 0.3 is 0 Å². The minimum Gasteiger partial charge on any atom is -0.394 e. The molecule has 6 heteroatoms. The van der Waals surface area contributed by atoms with Crippen molar-refractivity contribution in [1.29, 1.82) is 0 Å². The Labute approximate surface area is 417 Å². The van der Waals surface area contributed by atoms with E-state index in [-0.39, 0.29) is 0 Å². The predicted molar refractivity (Wildman–Crippen MR) is 293 cm³/mol. The van der Waals surface area contributed by atoms with E-state index in [1.54, 1.807) is 0 Å². The van der Waals surface area contributed by atoms with Gasteiger partial charge in [0, 0.05) is 0 Å². The lowest BCUT2D eigenvalue weighted by molar-refractivity contribution is -0.132. The van der Waals surface area contributed by atoms with Gasteiger partial charge in [-0.1, -0.05) is 262 Å². The summed E-state index contributed by atoms with van der Waals surface area (Å²) in [6.07, 6.45) is 70.5. The highest BCUT2D eigenvalue weighted by molar-refractivity contribution is 5.80. The molecule has 1 amide bonds. The maximum absolute atomic E-state index is 12.6. The molecule has 67 heavy (non-hydrogen) atoms. The monoisotopic (exact) mass is 942 g/mol. The van der Waals surface area contributed by atoms with Crippen LogP contribution in [0, 0.1) is 0 Å². The fraction of sp³-hybridized carbons (Fsp3) is 0.852. The second kappa shape index (κ2) is 55.2. The molecule has 0 aliphatic rings. The second-order valence-electron chi connectivity index (χ2n) is 20.3. The fourth-order valence-corrected chi connectivity index (χ4v) is 9.08. The molecule has 0 saturated carbocycles. The lowest BCUT2D eigenvalue weighted by atomic mass is 10.00. The number of hydrogen-bond donors (Lipinski definition) is 5. The first-order valence-corrected chi connectivity index (χ1v) is 29.5. The average molecular weight is 943 g/mol. The molecule has 0 aromatic carbocycles. The normalized spacial score (nSPS) is 14.1. The Kier molecular flexibility index (Phi) is 53.8. The number of rotatable bonds is 54. The number of nitrogens with one attached hydrogen (secondary N) is 1. The van der Waals surface area contributed by atoms with Gasteiger partial charge in [0.05, 0.1) is 18.8 Å². The van der Waals surface area contributed by atoms with Gasteiger partial charge in [0.1, 0.15) is 12.2 Å². The Bertz CT molecular complexity index is 1100. The van der Waals surface area contributed by atoms with Crippen molar-refractivity contribution in [3.05, 3.63) is 48.6 Å². The van der Waals surface area contributed by atoms with Gasteiger partial charge in [0.2, 0.25) is 5.91 Å². The van der Waals surface area contributed by atoms with Crippen LogP contribution in [-0.2, 0) is 4.79 Å². The summed E-state index contributed by atoms with van der Waals surface area (Å²) in [4.78, 5) is 12.6. The van der Waals surface area contributed by atoms with E-state index in [4.69, 9.17) is 0 Å². The van der Waals surface area contributed by atoms with Crippen molar-refractivity contribution < 1.29 is 25.2 Å². The zero-order valence-electron chi connectivity index (χ0n) is 44.7. The molecular weight excluding hydrogens is 827 g/mol. The first-order chi connectivity index (χ1) is 33.0. The molecule has 0 saturated heterocycles. The van der Waals surface area contributed by atoms with Crippen LogP contribution >= 0.6 is 0 Å². The van der Waals surface area contributed by atoms with Gasteiger partial charge in [-0.25, -0.2) is 0 Å². The quantitative estimate of drug-likeness (QED) is 0.0308. The van der Waals surface area contributed by atoms with Crippen LogP contribution in [0.2, 0.25) is 0 Å². The van der Waals surface area contributed by atoms with Crippen molar-refractivity contribution in [3.63, 3.8) is 0 Å². The fourth-order valence-electron chi connectivity index (χ4n) is 9.08. The second-order valence-corrected chi connectivity index (χ2v) is 20.3. The minimum absolute atomic E-state index is 0.351. The molecule has 0 radical (unpaired) electrons. The molecule has 0 rings (SSSR count). The van der Waals surface area contributed by atoms with Gasteiger partial charge in [-0.15, -0.1) is 0 Å². The Morgan fingerprint density at radius 3 is 0.940 bits per heavy atom. The van der Waals surface area contributed by atoms with Crippen molar-refractivity contribution in [3.8, 4) is 0 Å². The number of aliphatic hydroxyl groups is 4. The third-order valence-corrected chi connectivity index (χ3v) is 13.7. The average Bonchev–Trinajstić information content (AvgIpc) is 3.33. The van der Waals surface area contributed by atoms with Gasteiger partial charge < -0.3 is 25.7 Å². The summed E-state index contributed by atoms with van der Waals surface area (Å²) in [7, 11) is 0. The number of carbonyl (C=O) groups is 1. The molecular formula is C61H115NO5. The first-order valence-electron chi connectivity index (χ1n) is 29.5. The molecule has 0 bridgehead atoms. The van der Waals surface area contributed by atoms with Crippen LogP contribution in [0.5, 0.6) is 0 Å². The van der Waals surface area contributed by atoms with Gasteiger partial charge in [-0.05, 0) is 89.9 Å². The van der Waals surface area contributed by atoms with Crippen molar-refractivity contribution in [2.75, 3.05) is 6.61 Å². The van der Waals surface area contributed by atoms with Crippen LogP contribution in [-0.4, -0.2) is 57.3 Å². The number of hydrogen-bond acceptors (Lipinski definition) is 5. The summed E-state index contributed by atoms with van der Waals surface area (Å²) >= 11 is 0. The Hall–Kier alpha value is -1.73. The minimum atomic E-state index is -1.30. The van der Waals surface area contributed by atoms with Crippen LogP contribution in [0.15, 0.2) is 48.6 Å². The third kappa shape index (κ3) is 49.1. The highest BCUT2D eigenvalue weighted by Gasteiger charge is 2.28. The molecule has 394 valence electrons. The first kappa shape index (κ1) is 65.3. The van der Waals surface area contributed by atoms with Crippen LogP contribution in [0.4, 0.5) is 0 Å². The zero-order chi connectivity index (χ0) is 48.8. The Balaban J connectivity index is 3.69. The van der Waals surface area contributed by atoms with Crippen molar-refractivity contribution in [1.82, 2.24) is 5.32 Å². The van der Waals surface area contributed by atoms with Crippen molar-refractivity contribution >= 4 is 5.91 Å². The summed E-state index contributed by atoms with van der Waals surface area (Å²) in [5, 5.41) is 43.9. The van der Waals surface area contributed by atoms with Crippen molar-refractivity contribution in [2.24, 2.45) is 0 Å². The van der Waals surface area contributed by atoms with E-state index in [1.165, 1.54) is 205 Å². The Morgan fingerprint density at radius 1 is 0.358 bits per heavy atom. The number of carbonyl (C=O) groups excluding carboxylic acids is 1.